The van der Waals surface area contributed by atoms with Gasteiger partial charge in [-0.1, -0.05) is 78.8 Å². The molecule has 0 spiro atoms. The lowest BCUT2D eigenvalue weighted by Gasteiger charge is -2.29. The van der Waals surface area contributed by atoms with E-state index >= 15 is 0 Å². The van der Waals surface area contributed by atoms with Crippen molar-refractivity contribution >= 4 is 35.2 Å². The van der Waals surface area contributed by atoms with E-state index in [2.05, 4.69) is 20.5 Å². The largest absolute Gasteiger partial charge is 0.340 e. The number of halogens is 2. The molecule has 13 heteroatoms. The van der Waals surface area contributed by atoms with Crippen molar-refractivity contribution in [3.05, 3.63) is 135 Å². The van der Waals surface area contributed by atoms with Crippen LogP contribution < -0.4 is 10.9 Å². The summed E-state index contributed by atoms with van der Waals surface area (Å²) in [4.78, 5) is 48.1. The molecule has 51 heavy (non-hydrogen) atoms. The zero-order chi connectivity index (χ0) is 35.7. The molecule has 0 saturated carbocycles. The molecule has 3 heterocycles. The zero-order valence-corrected chi connectivity index (χ0v) is 29.8. The third kappa shape index (κ3) is 9.52. The third-order valence-electron chi connectivity index (χ3n) is 8.96. The van der Waals surface area contributed by atoms with E-state index in [0.717, 1.165) is 34.4 Å². The van der Waals surface area contributed by atoms with Gasteiger partial charge in [-0.2, -0.15) is 10.1 Å². The molecule has 6 rings (SSSR count). The van der Waals surface area contributed by atoms with Gasteiger partial charge in [-0.05, 0) is 58.5 Å². The maximum atomic E-state index is 14.3. The Labute approximate surface area is 305 Å². The Morgan fingerprint density at radius 1 is 1.02 bits per heavy atom. The highest BCUT2D eigenvalue weighted by Gasteiger charge is 2.22. The van der Waals surface area contributed by atoms with E-state index in [-0.39, 0.29) is 35.7 Å². The van der Waals surface area contributed by atoms with Crippen LogP contribution in [-0.4, -0.2) is 74.1 Å². The van der Waals surface area contributed by atoms with Crippen LogP contribution in [0.1, 0.15) is 41.5 Å². The molecular formula is C38H39ClFN7O3S. The molecule has 0 radical (unpaired) electrons. The summed E-state index contributed by atoms with van der Waals surface area (Å²) in [5.74, 6) is -0.311. The Morgan fingerprint density at radius 2 is 1.73 bits per heavy atom. The van der Waals surface area contributed by atoms with Crippen LogP contribution in [0.15, 0.2) is 101 Å². The molecule has 1 saturated heterocycles. The number of aromatic nitrogens is 4. The topological polar surface area (TPSA) is 116 Å². The number of benzene rings is 3. The van der Waals surface area contributed by atoms with Gasteiger partial charge in [-0.25, -0.2) is 4.39 Å². The maximum Gasteiger partial charge on any atom is 0.277 e. The van der Waals surface area contributed by atoms with Crippen LogP contribution in [0.3, 0.4) is 0 Å². The van der Waals surface area contributed by atoms with Gasteiger partial charge in [0.15, 0.2) is 5.16 Å². The molecule has 1 aliphatic heterocycles. The smallest absolute Gasteiger partial charge is 0.277 e. The standard InChI is InChI=1S/C38H39ClFN7O3S/c1-26(31-19-42-43-20-31)34-23-47(38(44-37(34)50)51-25-28-5-13-33(40)14-6-28)24-36(49)46(17-2-16-45-18-15-41-21-35(45)48)22-27-3-7-29(8-4-27)30-9-11-32(39)12-10-30/h3-14,19-20,23,26,41H,2,15-18,21-22,24-25H2,1H3,(H,42,43). The number of hydrogen-bond donors (Lipinski definition) is 2. The first-order chi connectivity index (χ1) is 24.7. The second-order valence-electron chi connectivity index (χ2n) is 12.5. The number of rotatable bonds is 14. The number of piperazine rings is 1. The highest BCUT2D eigenvalue weighted by Crippen LogP contribution is 2.26. The number of H-pyrrole nitrogens is 1. The van der Waals surface area contributed by atoms with E-state index in [0.29, 0.717) is 60.6 Å². The summed E-state index contributed by atoms with van der Waals surface area (Å²) in [7, 11) is 0. The average Bonchev–Trinajstić information content (AvgIpc) is 3.68. The summed E-state index contributed by atoms with van der Waals surface area (Å²) in [5, 5.41) is 11.0. The Balaban J connectivity index is 1.26. The Kier molecular flexibility index (Phi) is 12.0. The molecular weight excluding hydrogens is 689 g/mol. The van der Waals surface area contributed by atoms with E-state index in [1.165, 1.54) is 23.9 Å². The van der Waals surface area contributed by atoms with Crippen LogP contribution in [0.4, 0.5) is 4.39 Å². The summed E-state index contributed by atoms with van der Waals surface area (Å²) >= 11 is 7.40. The Bertz CT molecular complexity index is 1990. The van der Waals surface area contributed by atoms with Crippen molar-refractivity contribution in [3.63, 3.8) is 0 Å². The lowest BCUT2D eigenvalue weighted by Crippen LogP contribution is -2.48. The fourth-order valence-corrected chi connectivity index (χ4v) is 7.01. The first-order valence-electron chi connectivity index (χ1n) is 16.8. The Morgan fingerprint density at radius 3 is 2.41 bits per heavy atom. The highest BCUT2D eigenvalue weighted by molar-refractivity contribution is 7.98. The molecule has 10 nitrogen and oxygen atoms in total. The third-order valence-corrected chi connectivity index (χ3v) is 10.3. The van der Waals surface area contributed by atoms with Crippen molar-refractivity contribution in [1.82, 2.24) is 34.9 Å². The maximum absolute atomic E-state index is 14.3. The van der Waals surface area contributed by atoms with Crippen molar-refractivity contribution in [1.29, 1.82) is 0 Å². The first-order valence-corrected chi connectivity index (χ1v) is 18.2. The lowest BCUT2D eigenvalue weighted by molar-refractivity contribution is -0.133. The molecule has 264 valence electrons. The van der Waals surface area contributed by atoms with Crippen LogP contribution in [0.2, 0.25) is 5.02 Å². The summed E-state index contributed by atoms with van der Waals surface area (Å²) in [5.41, 5.74) is 4.77. The minimum absolute atomic E-state index is 0.0540. The van der Waals surface area contributed by atoms with Crippen molar-refractivity contribution < 1.29 is 14.0 Å². The number of amides is 2. The highest BCUT2D eigenvalue weighted by atomic mass is 35.5. The summed E-state index contributed by atoms with van der Waals surface area (Å²) in [6.07, 6.45) is 5.73. The van der Waals surface area contributed by atoms with Gasteiger partial charge in [0.2, 0.25) is 11.8 Å². The van der Waals surface area contributed by atoms with Crippen molar-refractivity contribution in [2.45, 2.75) is 43.3 Å². The normalized spacial score (nSPS) is 13.7. The van der Waals surface area contributed by atoms with Gasteiger partial charge in [0.05, 0.1) is 12.7 Å². The number of thioether (sulfide) groups is 1. The van der Waals surface area contributed by atoms with Crippen molar-refractivity contribution in [2.24, 2.45) is 0 Å². The number of carbonyl (C=O) groups excluding carboxylic acids is 2. The molecule has 2 aromatic heterocycles. The second kappa shape index (κ2) is 17.0. The number of hydrogen-bond acceptors (Lipinski definition) is 7. The first kappa shape index (κ1) is 36.0. The predicted molar refractivity (Wildman–Crippen MR) is 197 cm³/mol. The zero-order valence-electron chi connectivity index (χ0n) is 28.2. The van der Waals surface area contributed by atoms with Crippen LogP contribution in [0.5, 0.6) is 0 Å². The van der Waals surface area contributed by atoms with Gasteiger partial charge >= 0.3 is 0 Å². The minimum Gasteiger partial charge on any atom is -0.340 e. The van der Waals surface area contributed by atoms with Gasteiger partial charge in [-0.3, -0.25) is 19.5 Å². The van der Waals surface area contributed by atoms with E-state index in [1.54, 1.807) is 40.2 Å². The minimum atomic E-state index is -0.382. The molecule has 1 atom stereocenters. The average molecular weight is 728 g/mol. The molecule has 2 N–H and O–H groups in total. The van der Waals surface area contributed by atoms with E-state index < -0.39 is 0 Å². The van der Waals surface area contributed by atoms with Crippen molar-refractivity contribution in [3.8, 4) is 11.1 Å². The summed E-state index contributed by atoms with van der Waals surface area (Å²) in [6, 6.07) is 21.9. The molecule has 5 aromatic rings. The van der Waals surface area contributed by atoms with Crippen LogP contribution in [-0.2, 0) is 28.4 Å². The molecule has 0 aliphatic carbocycles. The molecule has 1 aliphatic rings. The summed E-state index contributed by atoms with van der Waals surface area (Å²) < 4.78 is 15.3. The van der Waals surface area contributed by atoms with E-state index in [9.17, 15) is 18.8 Å². The lowest BCUT2D eigenvalue weighted by atomic mass is 9.98. The quantitative estimate of drug-likeness (QED) is 0.111. The number of nitrogens with one attached hydrogen (secondary N) is 2. The fraction of sp³-hybridized carbons (Fsp3) is 0.289. The SMILES string of the molecule is CC(c1cn[nH]c1)c1cn(CC(=O)N(CCCN2CCNCC2=O)Cc2ccc(-c3ccc(Cl)cc3)cc2)c(SCc2ccc(F)cc2)nc1=O. The number of aromatic amines is 1. The Hall–Kier alpha value is -4.78. The monoisotopic (exact) mass is 727 g/mol. The fourth-order valence-electron chi connectivity index (χ4n) is 5.96. The van der Waals surface area contributed by atoms with Crippen LogP contribution in [0.25, 0.3) is 11.1 Å². The van der Waals surface area contributed by atoms with Gasteiger partial charge in [-0.15, -0.1) is 0 Å². The van der Waals surface area contributed by atoms with Crippen LogP contribution in [0, 0.1) is 5.82 Å². The van der Waals surface area contributed by atoms with E-state index in [1.807, 2.05) is 60.4 Å². The van der Waals surface area contributed by atoms with Gasteiger partial charge in [0, 0.05) is 67.4 Å². The molecule has 1 unspecified atom stereocenters. The number of nitrogens with zero attached hydrogens (tertiary/aromatic N) is 5. The van der Waals surface area contributed by atoms with Gasteiger partial charge < -0.3 is 19.7 Å². The van der Waals surface area contributed by atoms with Gasteiger partial charge in [0.1, 0.15) is 12.4 Å². The van der Waals surface area contributed by atoms with Crippen molar-refractivity contribution in [2.75, 3.05) is 32.7 Å². The number of carbonyl (C=O) groups is 2. The van der Waals surface area contributed by atoms with Gasteiger partial charge in [0.25, 0.3) is 5.56 Å². The molecule has 0 bridgehead atoms. The van der Waals surface area contributed by atoms with Crippen LogP contribution >= 0.6 is 23.4 Å². The summed E-state index contributed by atoms with van der Waals surface area (Å²) in [6.45, 7) is 4.88. The van der Waals surface area contributed by atoms with E-state index in [4.69, 9.17) is 11.6 Å². The molecule has 2 amide bonds. The molecule has 3 aromatic carbocycles. The predicted octanol–water partition coefficient (Wildman–Crippen LogP) is 5.72. The molecule has 1 fully saturated rings. The second-order valence-corrected chi connectivity index (χ2v) is 13.9.